The van der Waals surface area contributed by atoms with Crippen molar-refractivity contribution in [2.45, 2.75) is 48.0 Å². The standard InChI is InChI=1S/C13H27NOP2/c1-12(2,3)10-11(13(4,5)6)15-9-7-8-14(10)17-16/h17H,7-9,16H2,1-6H3. The van der Waals surface area contributed by atoms with E-state index in [1.807, 2.05) is 0 Å². The molecule has 0 aromatic rings. The van der Waals surface area contributed by atoms with Crippen molar-refractivity contribution in [3.8, 4) is 0 Å². The second-order valence-corrected chi connectivity index (χ2v) is 8.23. The van der Waals surface area contributed by atoms with Gasteiger partial charge in [-0.1, -0.05) is 50.5 Å². The van der Waals surface area contributed by atoms with Crippen LogP contribution in [0.15, 0.2) is 11.5 Å². The first kappa shape index (κ1) is 15.3. The zero-order valence-electron chi connectivity index (χ0n) is 12.1. The third-order valence-corrected chi connectivity index (χ3v) is 4.50. The van der Waals surface area contributed by atoms with Gasteiger partial charge in [-0.3, -0.25) is 0 Å². The van der Waals surface area contributed by atoms with Crippen LogP contribution in [0.5, 0.6) is 0 Å². The highest BCUT2D eigenvalue weighted by atomic mass is 32.0. The fourth-order valence-corrected chi connectivity index (χ4v) is 3.77. The lowest BCUT2D eigenvalue weighted by molar-refractivity contribution is 0.146. The summed E-state index contributed by atoms with van der Waals surface area (Å²) in [5.74, 6) is 1.18. The molecule has 0 aromatic carbocycles. The van der Waals surface area contributed by atoms with E-state index in [0.717, 1.165) is 28.0 Å². The summed E-state index contributed by atoms with van der Waals surface area (Å²) in [6.07, 6.45) is 1.11. The Morgan fingerprint density at radius 2 is 1.71 bits per heavy atom. The Bertz CT molecular complexity index is 300. The van der Waals surface area contributed by atoms with Crippen LogP contribution in [0.2, 0.25) is 0 Å². The number of ether oxygens (including phenoxy) is 1. The van der Waals surface area contributed by atoms with Gasteiger partial charge in [-0.15, -0.1) is 0 Å². The summed E-state index contributed by atoms with van der Waals surface area (Å²) in [7, 11) is 3.61. The quantitative estimate of drug-likeness (QED) is 0.658. The Hall–Kier alpha value is 0.200. The maximum absolute atomic E-state index is 6.07. The van der Waals surface area contributed by atoms with E-state index in [2.05, 4.69) is 55.1 Å². The van der Waals surface area contributed by atoms with E-state index in [0.29, 0.717) is 0 Å². The highest BCUT2D eigenvalue weighted by molar-refractivity contribution is 8.01. The molecule has 0 aliphatic carbocycles. The molecule has 1 rings (SSSR count). The number of nitrogens with zero attached hydrogens (tertiary/aromatic N) is 1. The van der Waals surface area contributed by atoms with E-state index < -0.39 is 0 Å². The summed E-state index contributed by atoms with van der Waals surface area (Å²) in [6.45, 7) is 15.5. The molecule has 0 aromatic heterocycles. The van der Waals surface area contributed by atoms with Gasteiger partial charge in [-0.05, 0) is 14.8 Å². The second-order valence-electron chi connectivity index (χ2n) is 6.66. The molecule has 4 heteroatoms. The fourth-order valence-electron chi connectivity index (χ4n) is 2.15. The molecule has 2 unspecified atom stereocenters. The predicted molar refractivity (Wildman–Crippen MR) is 81.2 cm³/mol. The Labute approximate surface area is 110 Å². The number of allylic oxidation sites excluding steroid dienone is 2. The van der Waals surface area contributed by atoms with Crippen molar-refractivity contribution in [1.82, 2.24) is 4.67 Å². The lowest BCUT2D eigenvalue weighted by Gasteiger charge is -2.37. The van der Waals surface area contributed by atoms with Gasteiger partial charge < -0.3 is 9.41 Å². The molecule has 100 valence electrons. The molecule has 1 aliphatic heterocycles. The number of hydrogen-bond donors (Lipinski definition) is 0. The Balaban J connectivity index is 3.31. The van der Waals surface area contributed by atoms with Crippen LogP contribution in [0.3, 0.4) is 0 Å². The molecule has 0 spiro atoms. The van der Waals surface area contributed by atoms with Crippen molar-refractivity contribution in [3.63, 3.8) is 0 Å². The Kier molecular flexibility index (Phi) is 4.89. The summed E-state index contributed by atoms with van der Waals surface area (Å²) in [6, 6.07) is 0. The highest BCUT2D eigenvalue weighted by Gasteiger charge is 2.34. The third kappa shape index (κ3) is 3.83. The molecular weight excluding hydrogens is 248 g/mol. The topological polar surface area (TPSA) is 12.5 Å². The summed E-state index contributed by atoms with van der Waals surface area (Å²) < 4.78 is 8.56. The molecular formula is C13H27NOP2. The zero-order chi connectivity index (χ0) is 13.3. The average molecular weight is 275 g/mol. The second kappa shape index (κ2) is 5.45. The summed E-state index contributed by atoms with van der Waals surface area (Å²) in [5, 5.41) is 0. The van der Waals surface area contributed by atoms with Gasteiger partial charge in [0, 0.05) is 17.4 Å². The minimum Gasteiger partial charge on any atom is -0.495 e. The molecule has 0 amide bonds. The van der Waals surface area contributed by atoms with E-state index in [-0.39, 0.29) is 10.8 Å². The number of hydrogen-bond acceptors (Lipinski definition) is 2. The van der Waals surface area contributed by atoms with Gasteiger partial charge >= 0.3 is 0 Å². The lowest BCUT2D eigenvalue weighted by atomic mass is 9.83. The molecule has 1 heterocycles. The Morgan fingerprint density at radius 3 is 2.12 bits per heavy atom. The molecule has 0 N–H and O–H groups in total. The van der Waals surface area contributed by atoms with Crippen molar-refractivity contribution >= 4 is 17.3 Å². The molecule has 1 aliphatic rings. The van der Waals surface area contributed by atoms with Crippen molar-refractivity contribution < 1.29 is 4.74 Å². The zero-order valence-corrected chi connectivity index (χ0v) is 14.2. The highest BCUT2D eigenvalue weighted by Crippen LogP contribution is 2.45. The van der Waals surface area contributed by atoms with Gasteiger partial charge in [-0.2, -0.15) is 0 Å². The molecule has 17 heavy (non-hydrogen) atoms. The SMILES string of the molecule is CC(C)(C)C1=C(C(C)(C)C)N(PP)CCCO1. The first-order chi connectivity index (χ1) is 7.68. The average Bonchev–Trinajstić information content (AvgIpc) is 2.36. The predicted octanol–water partition coefficient (Wildman–Crippen LogP) is 4.40. The van der Waals surface area contributed by atoms with Crippen molar-refractivity contribution in [1.29, 1.82) is 0 Å². The third-order valence-electron chi connectivity index (χ3n) is 2.80. The smallest absolute Gasteiger partial charge is 0.121 e. The van der Waals surface area contributed by atoms with Crippen LogP contribution < -0.4 is 0 Å². The van der Waals surface area contributed by atoms with Crippen LogP contribution in [0, 0.1) is 10.8 Å². The molecule has 0 bridgehead atoms. The molecule has 0 radical (unpaired) electrons. The normalized spacial score (nSPS) is 19.8. The van der Waals surface area contributed by atoms with Gasteiger partial charge in [0.1, 0.15) is 5.76 Å². The van der Waals surface area contributed by atoms with E-state index in [1.54, 1.807) is 0 Å². The summed E-state index contributed by atoms with van der Waals surface area (Å²) in [4.78, 5) is 0. The van der Waals surface area contributed by atoms with Crippen LogP contribution in [-0.2, 0) is 4.74 Å². The molecule has 2 nitrogen and oxygen atoms in total. The van der Waals surface area contributed by atoms with Crippen molar-refractivity contribution in [3.05, 3.63) is 11.5 Å². The van der Waals surface area contributed by atoms with E-state index in [1.165, 1.54) is 11.5 Å². The fraction of sp³-hybridized carbons (Fsp3) is 0.846. The molecule has 0 saturated carbocycles. The maximum atomic E-state index is 6.07. The van der Waals surface area contributed by atoms with Gasteiger partial charge in [0.05, 0.1) is 12.3 Å². The van der Waals surface area contributed by atoms with Gasteiger partial charge in [-0.25, -0.2) is 0 Å². The molecule has 0 saturated heterocycles. The first-order valence-electron chi connectivity index (χ1n) is 6.29. The van der Waals surface area contributed by atoms with Crippen LogP contribution in [0.1, 0.15) is 48.0 Å². The van der Waals surface area contributed by atoms with Crippen LogP contribution in [0.25, 0.3) is 0 Å². The van der Waals surface area contributed by atoms with Crippen LogP contribution >= 0.6 is 17.3 Å². The first-order valence-corrected chi connectivity index (χ1v) is 9.05. The van der Waals surface area contributed by atoms with Crippen molar-refractivity contribution in [2.24, 2.45) is 10.8 Å². The monoisotopic (exact) mass is 275 g/mol. The van der Waals surface area contributed by atoms with Gasteiger partial charge in [0.25, 0.3) is 0 Å². The van der Waals surface area contributed by atoms with Crippen LogP contribution in [-0.4, -0.2) is 17.8 Å². The summed E-state index contributed by atoms with van der Waals surface area (Å²) in [5.41, 5.74) is 1.60. The molecule has 2 atom stereocenters. The minimum atomic E-state index is 0.0789. The Morgan fingerprint density at radius 1 is 1.12 bits per heavy atom. The van der Waals surface area contributed by atoms with Gasteiger partial charge in [0.15, 0.2) is 0 Å². The summed E-state index contributed by atoms with van der Waals surface area (Å²) >= 11 is 0. The molecule has 0 fully saturated rings. The number of rotatable bonds is 1. The van der Waals surface area contributed by atoms with E-state index in [4.69, 9.17) is 4.74 Å². The minimum absolute atomic E-state index is 0.0789. The van der Waals surface area contributed by atoms with Crippen molar-refractivity contribution in [2.75, 3.05) is 13.2 Å². The lowest BCUT2D eigenvalue weighted by Crippen LogP contribution is -2.28. The van der Waals surface area contributed by atoms with Gasteiger partial charge in [0.2, 0.25) is 0 Å². The maximum Gasteiger partial charge on any atom is 0.121 e. The van der Waals surface area contributed by atoms with E-state index in [9.17, 15) is 0 Å². The van der Waals surface area contributed by atoms with E-state index >= 15 is 0 Å². The largest absolute Gasteiger partial charge is 0.495 e. The van der Waals surface area contributed by atoms with Crippen LogP contribution in [0.4, 0.5) is 0 Å².